The van der Waals surface area contributed by atoms with Gasteiger partial charge in [0.2, 0.25) is 0 Å². The fraction of sp³-hybridized carbons (Fsp3) is 0. The molecule has 0 fully saturated rings. The van der Waals surface area contributed by atoms with E-state index in [2.05, 4.69) is 0 Å². The van der Waals surface area contributed by atoms with Crippen LogP contribution in [0.1, 0.15) is 0 Å². The van der Waals surface area contributed by atoms with Gasteiger partial charge in [-0.05, 0) is 0 Å². The summed E-state index contributed by atoms with van der Waals surface area (Å²) in [6, 6.07) is 0. The Morgan fingerprint density at radius 3 is 0.194 bits per heavy atom. The Morgan fingerprint density at radius 2 is 0.194 bits per heavy atom. The molecular formula is Na12O18S6. The van der Waals surface area contributed by atoms with Crippen LogP contribution in [0.2, 0.25) is 0 Å². The Morgan fingerprint density at radius 1 is 0.194 bits per heavy atom. The van der Waals surface area contributed by atoms with E-state index < -0.39 is 68.2 Å². The van der Waals surface area contributed by atoms with E-state index in [1.54, 1.807) is 0 Å². The molecule has 0 N–H and O–H groups in total. The Labute approximate surface area is 489 Å². The van der Waals surface area contributed by atoms with Crippen molar-refractivity contribution in [3.63, 3.8) is 0 Å². The van der Waals surface area contributed by atoms with Crippen LogP contribution in [0.4, 0.5) is 0 Å². The third kappa shape index (κ3) is 621. The van der Waals surface area contributed by atoms with Crippen LogP contribution in [-0.2, 0) is 68.2 Å². The van der Waals surface area contributed by atoms with E-state index in [0.717, 1.165) is 0 Å². The zero-order valence-corrected chi connectivity index (χ0v) is 50.7. The topological polar surface area (TPSA) is 379 Å². The smallest absolute Gasteiger partial charge is 0.784 e. The summed E-state index contributed by atoms with van der Waals surface area (Å²) in [7, 11) is 0. The SMILES string of the molecule is O=S([O-])[O-].O=S([O-])[O-].O=S([O-])[O-].O=S([O-])[O-].O=S([O-])[O-].O=S([O-])[O-].[Na+].[Na+].[Na+].[Na+].[Na+].[Na+].[Na+].[Na+].[Na+].[Na+].[Na+].[Na+]. The summed E-state index contributed by atoms with van der Waals surface area (Å²) in [5.74, 6) is 0. The van der Waals surface area contributed by atoms with E-state index in [9.17, 15) is 0 Å². The van der Waals surface area contributed by atoms with Gasteiger partial charge in [-0.2, -0.15) is 0 Å². The van der Waals surface area contributed by atoms with E-state index in [-0.39, 0.29) is 355 Å². The summed E-state index contributed by atoms with van der Waals surface area (Å²) in [5, 5.41) is 0. The van der Waals surface area contributed by atoms with Crippen molar-refractivity contribution in [1.29, 1.82) is 0 Å². The molecule has 0 radical (unpaired) electrons. The van der Waals surface area contributed by atoms with Gasteiger partial charge in [0.1, 0.15) is 0 Å². The predicted molar refractivity (Wildman–Crippen MR) is 58.2 cm³/mol. The molecule has 0 aromatic heterocycles. The van der Waals surface area contributed by atoms with Crippen LogP contribution in [0.15, 0.2) is 0 Å². The van der Waals surface area contributed by atoms with E-state index in [1.165, 1.54) is 0 Å². The first-order valence-electron chi connectivity index (χ1n) is 3.00. The summed E-state index contributed by atoms with van der Waals surface area (Å²) in [6.07, 6.45) is 0. The van der Waals surface area contributed by atoms with Crippen LogP contribution in [0, 0.1) is 0 Å². The summed E-state index contributed by atoms with van der Waals surface area (Å²) >= 11 is -18.7. The van der Waals surface area contributed by atoms with Crippen LogP contribution in [0.3, 0.4) is 0 Å². The van der Waals surface area contributed by atoms with Crippen LogP contribution >= 0.6 is 0 Å². The largest absolute Gasteiger partial charge is 1.00 e. The number of hydrogen-bond acceptors (Lipinski definition) is 18. The molecule has 0 rings (SSSR count). The Balaban J connectivity index is -0.00000000633. The standard InChI is InChI=1S/12Na.6H2O3S/c;;;;;;;;;;;;6*1-4(2)3/h;;;;;;;;;;;;6*(H2,1,2,3)/q12*+1;;;;;;/p-12. The van der Waals surface area contributed by atoms with Crippen molar-refractivity contribution >= 4 is 68.2 Å². The average Bonchev–Trinajstić information content (AvgIpc) is 2.08. The maximum Gasteiger partial charge on any atom is 1.00 e. The second-order valence-corrected chi connectivity index (χ2v) is 3.67. The quantitative estimate of drug-likeness (QED) is 0.163. The zero-order valence-electron chi connectivity index (χ0n) is 21.8. The normalized spacial score (nSPS) is 5.83. The molecule has 156 valence electrons. The van der Waals surface area contributed by atoms with Crippen molar-refractivity contribution in [1.82, 2.24) is 0 Å². The first-order chi connectivity index (χ1) is 10.4. The molecule has 0 aromatic rings. The van der Waals surface area contributed by atoms with Crippen LogP contribution in [0.5, 0.6) is 0 Å². The second kappa shape index (κ2) is 110. The van der Waals surface area contributed by atoms with Gasteiger partial charge < -0.3 is 54.6 Å². The summed E-state index contributed by atoms with van der Waals surface area (Å²) < 4.78 is 152. The van der Waals surface area contributed by atoms with E-state index in [0.29, 0.717) is 0 Å². The molecule has 0 bridgehead atoms. The van der Waals surface area contributed by atoms with Gasteiger partial charge in [-0.1, -0.05) is 0 Å². The molecule has 0 amide bonds. The monoisotopic (exact) mass is 756 g/mol. The average molecular weight is 756 g/mol. The molecule has 0 heterocycles. The first kappa shape index (κ1) is 118. The zero-order chi connectivity index (χ0) is 21.5. The van der Waals surface area contributed by atoms with Gasteiger partial charge in [-0.25, -0.2) is 0 Å². The molecule has 0 spiro atoms. The van der Waals surface area contributed by atoms with E-state index >= 15 is 0 Å². The molecule has 36 heavy (non-hydrogen) atoms. The number of rotatable bonds is 0. The molecule has 0 atom stereocenters. The molecule has 0 saturated carbocycles. The van der Waals surface area contributed by atoms with Crippen molar-refractivity contribution in [2.45, 2.75) is 0 Å². The Kier molecular flexibility index (Phi) is 361. The first-order valence-corrected chi connectivity index (χ1v) is 9.00. The Bertz CT molecular complexity index is 284. The van der Waals surface area contributed by atoms with Gasteiger partial charge in [-0.3, -0.25) is 25.3 Å². The maximum absolute atomic E-state index is 8.44. The maximum atomic E-state index is 8.44. The predicted octanol–water partition coefficient (Wildman–Crippen LogP) is -42.0. The van der Waals surface area contributed by atoms with Crippen LogP contribution in [-0.4, -0.2) is 79.9 Å². The molecule has 0 aliphatic heterocycles. The number of hydrogen-bond donors (Lipinski definition) is 0. The molecule has 0 aliphatic carbocycles. The van der Waals surface area contributed by atoms with Crippen molar-refractivity contribution < 1.29 is 435 Å². The molecule has 36 heteroatoms. The van der Waals surface area contributed by atoms with Crippen molar-refractivity contribution in [2.24, 2.45) is 0 Å². The third-order valence-electron chi connectivity index (χ3n) is 0. The Hall–Kier alpha value is 12.4. The molecule has 0 unspecified atom stereocenters. The molecule has 0 aliphatic rings. The third-order valence-corrected chi connectivity index (χ3v) is 0. The van der Waals surface area contributed by atoms with Crippen molar-refractivity contribution in [2.75, 3.05) is 0 Å². The summed E-state index contributed by atoms with van der Waals surface area (Å²) in [6.45, 7) is 0. The summed E-state index contributed by atoms with van der Waals surface area (Å²) in [5.41, 5.74) is 0. The van der Waals surface area contributed by atoms with Gasteiger partial charge in [-0.15, -0.1) is 68.2 Å². The molecular weight excluding hydrogens is 756 g/mol. The van der Waals surface area contributed by atoms with Crippen molar-refractivity contribution in [3.05, 3.63) is 0 Å². The molecule has 0 aromatic carbocycles. The van der Waals surface area contributed by atoms with E-state index in [1.807, 2.05) is 0 Å². The van der Waals surface area contributed by atoms with E-state index in [4.69, 9.17) is 79.9 Å². The van der Waals surface area contributed by atoms with Crippen LogP contribution < -0.4 is 355 Å². The van der Waals surface area contributed by atoms with Gasteiger partial charge in [0, 0.05) is 0 Å². The van der Waals surface area contributed by atoms with Gasteiger partial charge in [0.05, 0.1) is 0 Å². The fourth-order valence-electron chi connectivity index (χ4n) is 0. The fourth-order valence-corrected chi connectivity index (χ4v) is 0. The van der Waals surface area contributed by atoms with Gasteiger partial charge >= 0.3 is 355 Å². The minimum Gasteiger partial charge on any atom is -0.784 e. The molecule has 0 saturated heterocycles. The summed E-state index contributed by atoms with van der Waals surface area (Å²) in [4.78, 5) is 0. The second-order valence-electron chi connectivity index (χ2n) is 1.22. The minimum atomic E-state index is -3.11. The van der Waals surface area contributed by atoms with Crippen LogP contribution in [0.25, 0.3) is 0 Å². The van der Waals surface area contributed by atoms with Crippen molar-refractivity contribution in [3.8, 4) is 0 Å². The van der Waals surface area contributed by atoms with Gasteiger partial charge in [0.25, 0.3) is 0 Å². The molecule has 18 nitrogen and oxygen atoms in total. The van der Waals surface area contributed by atoms with Gasteiger partial charge in [0.15, 0.2) is 0 Å². The minimum absolute atomic E-state index is 0.